The summed E-state index contributed by atoms with van der Waals surface area (Å²) in [7, 11) is 1.48. The molecule has 0 unspecified atom stereocenters. The van der Waals surface area contributed by atoms with Crippen LogP contribution in [0.5, 0.6) is 11.5 Å². The Labute approximate surface area is 467 Å². The Balaban J connectivity index is 1.61. The maximum absolute atomic E-state index is 14.5. The average molecular weight is 1130 g/mol. The van der Waals surface area contributed by atoms with E-state index in [0.29, 0.717) is 28.9 Å². The fourth-order valence-corrected chi connectivity index (χ4v) is 8.69. The van der Waals surface area contributed by atoms with Gasteiger partial charge >= 0.3 is 0 Å². The standard InChI is InChI=1S/C53H74N16O12/c1-81-34-19-15-31(16-20-34)27-38(63-44(73)28-32-13-17-33(70)18-14-32)47(76)67-39(26-30-8-3-2-4-9-30)48(77)65-36(21-22-42(54)71)46(75)68-40(29-43(55)72)49(78)66-37(11-6-24-62-53(59)60)51(80)69-25-7-12-41(69)50(79)64-35(45(56)74)10-5-23-61-52(57)58/h2-4,8-9,13-20,35-41,70H,5-7,10-12,21-29H2,1H3,(H2,54,71)(H2,55,72)(H2,56,74)(H,63,73)(H,64,79)(H,65,77)(H,66,78)(H,67,76)(H,68,75)(H4,57,58,61)(H4,59,60,62)/t35-,36-,37-,38+,39-,40-,41-/m0/s1. The maximum atomic E-state index is 14.5. The number of phenols is 1. The van der Waals surface area contributed by atoms with Crippen LogP contribution in [0.15, 0.2) is 88.8 Å². The summed E-state index contributed by atoms with van der Waals surface area (Å²) in [5, 5.41) is 25.3. The molecule has 0 saturated carbocycles. The molecule has 0 radical (unpaired) electrons. The van der Waals surface area contributed by atoms with E-state index in [-0.39, 0.29) is 88.7 Å². The number of carbonyl (C=O) groups is 10. The van der Waals surface area contributed by atoms with Crippen molar-refractivity contribution in [1.82, 2.24) is 36.8 Å². The van der Waals surface area contributed by atoms with Crippen molar-refractivity contribution in [3.8, 4) is 11.5 Å². The molecule has 3 aromatic carbocycles. The minimum atomic E-state index is -1.81. The molecule has 1 aliphatic rings. The zero-order chi connectivity index (χ0) is 59.6. The summed E-state index contributed by atoms with van der Waals surface area (Å²) in [5.74, 6) is -8.67. The topological polar surface area (TPSA) is 482 Å². The Morgan fingerprint density at radius 1 is 0.580 bits per heavy atom. The van der Waals surface area contributed by atoms with Crippen LogP contribution in [0.3, 0.4) is 0 Å². The Kier molecular flexibility index (Phi) is 25.6. The Morgan fingerprint density at radius 2 is 1.09 bits per heavy atom. The Bertz CT molecular complexity index is 2720. The van der Waals surface area contributed by atoms with Crippen molar-refractivity contribution in [2.75, 3.05) is 26.7 Å². The number of nitrogens with two attached hydrogens (primary N) is 7. The lowest BCUT2D eigenvalue weighted by molar-refractivity contribution is -0.142. The first-order valence-electron chi connectivity index (χ1n) is 26.1. The summed E-state index contributed by atoms with van der Waals surface area (Å²) in [6.07, 6.45) is -1.32. The number of benzene rings is 3. The number of rotatable bonds is 33. The number of aliphatic imine (C=N–C) groups is 2. The number of likely N-dealkylation sites (tertiary alicyclic amines) is 1. The highest BCUT2D eigenvalue weighted by Crippen LogP contribution is 2.21. The zero-order valence-electron chi connectivity index (χ0n) is 45.0. The van der Waals surface area contributed by atoms with E-state index in [4.69, 9.17) is 44.9 Å². The van der Waals surface area contributed by atoms with E-state index in [1.165, 1.54) is 24.1 Å². The monoisotopic (exact) mass is 1130 g/mol. The predicted octanol–water partition coefficient (Wildman–Crippen LogP) is -3.94. The number of primary amides is 3. The van der Waals surface area contributed by atoms with E-state index in [1.54, 1.807) is 66.7 Å². The molecule has 28 heteroatoms. The van der Waals surface area contributed by atoms with Crippen molar-refractivity contribution >= 4 is 71.0 Å². The van der Waals surface area contributed by atoms with Gasteiger partial charge in [0.25, 0.3) is 0 Å². The van der Waals surface area contributed by atoms with Crippen molar-refractivity contribution < 1.29 is 57.8 Å². The van der Waals surface area contributed by atoms with Crippen LogP contribution in [-0.2, 0) is 67.2 Å². The van der Waals surface area contributed by atoms with Gasteiger partial charge in [-0.1, -0.05) is 54.6 Å². The molecule has 4 rings (SSSR count). The number of guanidine groups is 2. The first-order chi connectivity index (χ1) is 38.5. The molecular weight excluding hydrogens is 1050 g/mol. The number of hydrogen-bond donors (Lipinski definition) is 14. The number of phenolic OH excluding ortho intramolecular Hbond substituents is 1. The van der Waals surface area contributed by atoms with Gasteiger partial charge in [0.05, 0.1) is 20.0 Å². The molecule has 1 aliphatic heterocycles. The van der Waals surface area contributed by atoms with Crippen LogP contribution < -0.4 is 76.8 Å². The third kappa shape index (κ3) is 22.4. The van der Waals surface area contributed by atoms with Crippen LogP contribution >= 0.6 is 0 Å². The lowest BCUT2D eigenvalue weighted by Gasteiger charge is -2.30. The third-order valence-corrected chi connectivity index (χ3v) is 12.8. The van der Waals surface area contributed by atoms with Crippen LogP contribution in [0.4, 0.5) is 0 Å². The Morgan fingerprint density at radius 3 is 1.64 bits per heavy atom. The fourth-order valence-electron chi connectivity index (χ4n) is 8.69. The molecule has 438 valence electrons. The van der Waals surface area contributed by atoms with E-state index in [0.717, 1.165) is 0 Å². The molecular formula is C53H74N16O12. The molecule has 3 aromatic rings. The summed E-state index contributed by atoms with van der Waals surface area (Å²) in [6.45, 7) is 0.198. The van der Waals surface area contributed by atoms with Gasteiger partial charge in [-0.2, -0.15) is 0 Å². The van der Waals surface area contributed by atoms with Crippen molar-refractivity contribution in [3.05, 3.63) is 95.6 Å². The van der Waals surface area contributed by atoms with E-state index < -0.39 is 121 Å². The normalized spacial score (nSPS) is 14.9. The molecule has 1 saturated heterocycles. The second kappa shape index (κ2) is 32.4. The summed E-state index contributed by atoms with van der Waals surface area (Å²) in [4.78, 5) is 145. The van der Waals surface area contributed by atoms with E-state index in [9.17, 15) is 53.1 Å². The highest BCUT2D eigenvalue weighted by atomic mass is 16.5. The maximum Gasteiger partial charge on any atom is 0.245 e. The van der Waals surface area contributed by atoms with Crippen LogP contribution in [0.1, 0.15) is 74.5 Å². The lowest BCUT2D eigenvalue weighted by atomic mass is 10.0. The second-order valence-corrected chi connectivity index (χ2v) is 19.2. The first kappa shape index (κ1) is 64.0. The summed E-state index contributed by atoms with van der Waals surface area (Å²) in [6, 6.07) is 11.2. The number of nitrogens with zero attached hydrogens (tertiary/aromatic N) is 3. The molecule has 21 N–H and O–H groups in total. The zero-order valence-corrected chi connectivity index (χ0v) is 45.0. The number of hydrogen-bond acceptors (Lipinski definition) is 14. The number of amides is 10. The number of ether oxygens (including phenoxy) is 1. The summed E-state index contributed by atoms with van der Waals surface area (Å²) in [5.41, 5.74) is 40.1. The highest BCUT2D eigenvalue weighted by molar-refractivity contribution is 5.99. The SMILES string of the molecule is COc1ccc(C[C@@H](NC(=O)Cc2ccc(O)cc2)C(=O)N[C@@H](Cc2ccccc2)C(=O)N[C@@H](CCC(N)=O)C(=O)N[C@@H](CC(N)=O)C(=O)N[C@@H](CCCN=C(N)N)C(=O)N2CCC[C@H]2C(=O)N[C@@H](CCCN=C(N)N)C(N)=O)cc1. The van der Waals surface area contributed by atoms with Gasteiger partial charge in [0, 0.05) is 38.9 Å². The molecule has 0 spiro atoms. The van der Waals surface area contributed by atoms with Crippen molar-refractivity contribution in [2.45, 2.75) is 119 Å². The average Bonchev–Trinajstić information content (AvgIpc) is 3.92. The largest absolute Gasteiger partial charge is 0.508 e. The molecule has 7 atom stereocenters. The summed E-state index contributed by atoms with van der Waals surface area (Å²) < 4.78 is 5.27. The van der Waals surface area contributed by atoms with Gasteiger partial charge < -0.3 is 86.8 Å². The van der Waals surface area contributed by atoms with Gasteiger partial charge in [-0.3, -0.25) is 57.9 Å². The van der Waals surface area contributed by atoms with Crippen molar-refractivity contribution in [2.24, 2.45) is 50.1 Å². The molecule has 0 bridgehead atoms. The molecule has 0 aromatic heterocycles. The molecule has 28 nitrogen and oxygen atoms in total. The molecule has 0 aliphatic carbocycles. The molecule has 81 heavy (non-hydrogen) atoms. The van der Waals surface area contributed by atoms with E-state index in [2.05, 4.69) is 41.9 Å². The van der Waals surface area contributed by atoms with Crippen molar-refractivity contribution in [3.63, 3.8) is 0 Å². The van der Waals surface area contributed by atoms with Crippen molar-refractivity contribution in [1.29, 1.82) is 0 Å². The van der Waals surface area contributed by atoms with Gasteiger partial charge in [0.1, 0.15) is 53.8 Å². The summed E-state index contributed by atoms with van der Waals surface area (Å²) >= 11 is 0. The number of nitrogens with one attached hydrogen (secondary N) is 6. The number of aromatic hydroxyl groups is 1. The van der Waals surface area contributed by atoms with Gasteiger partial charge in [-0.25, -0.2) is 0 Å². The first-order valence-corrected chi connectivity index (χ1v) is 26.1. The molecule has 10 amide bonds. The van der Waals surface area contributed by atoms with Gasteiger partial charge in [0.15, 0.2) is 11.9 Å². The number of methoxy groups -OCH3 is 1. The lowest BCUT2D eigenvalue weighted by Crippen LogP contribution is -2.60. The quantitative estimate of drug-likeness (QED) is 0.0157. The molecule has 1 heterocycles. The van der Waals surface area contributed by atoms with Crippen LogP contribution in [0.25, 0.3) is 0 Å². The van der Waals surface area contributed by atoms with Crippen LogP contribution in [0.2, 0.25) is 0 Å². The number of carbonyl (C=O) groups excluding carboxylic acids is 10. The van der Waals surface area contributed by atoms with Gasteiger partial charge in [0.2, 0.25) is 59.1 Å². The van der Waals surface area contributed by atoms with E-state index in [1.807, 2.05) is 0 Å². The second-order valence-electron chi connectivity index (χ2n) is 19.2. The van der Waals surface area contributed by atoms with Crippen LogP contribution in [0, 0.1) is 0 Å². The minimum Gasteiger partial charge on any atom is -0.508 e. The van der Waals surface area contributed by atoms with Crippen LogP contribution in [-0.4, -0.2) is 150 Å². The Hall–Kier alpha value is -9.50. The van der Waals surface area contributed by atoms with Gasteiger partial charge in [-0.15, -0.1) is 0 Å². The fraction of sp³-hybridized carbons (Fsp3) is 0.434. The smallest absolute Gasteiger partial charge is 0.245 e. The van der Waals surface area contributed by atoms with E-state index >= 15 is 0 Å². The minimum absolute atomic E-state index is 0.000560. The van der Waals surface area contributed by atoms with Gasteiger partial charge in [-0.05, 0) is 85.9 Å². The predicted molar refractivity (Wildman–Crippen MR) is 296 cm³/mol. The molecule has 1 fully saturated rings. The highest BCUT2D eigenvalue weighted by Gasteiger charge is 2.40. The third-order valence-electron chi connectivity index (χ3n) is 12.8.